The summed E-state index contributed by atoms with van der Waals surface area (Å²) < 4.78 is 5.63. The predicted octanol–water partition coefficient (Wildman–Crippen LogP) is 3.89. The average molecular weight is 498 g/mol. The largest absolute Gasteiger partial charge is 0.375 e. The van der Waals surface area contributed by atoms with Crippen molar-refractivity contribution in [2.45, 2.75) is 25.9 Å². The Morgan fingerprint density at radius 3 is 2.84 bits per heavy atom. The number of para-hydroxylation sites is 1. The number of pyridine rings is 2. The van der Waals surface area contributed by atoms with Gasteiger partial charge in [0.15, 0.2) is 0 Å². The Morgan fingerprint density at radius 2 is 2.05 bits per heavy atom. The summed E-state index contributed by atoms with van der Waals surface area (Å²) in [6, 6.07) is 13.7. The van der Waals surface area contributed by atoms with Gasteiger partial charge in [0.2, 0.25) is 0 Å². The van der Waals surface area contributed by atoms with Crippen molar-refractivity contribution < 1.29 is 9.53 Å². The average Bonchev–Trinajstić information content (AvgIpc) is 2.95. The zero-order valence-electron chi connectivity index (χ0n) is 21.3. The first kappa shape index (κ1) is 24.6. The summed E-state index contributed by atoms with van der Waals surface area (Å²) >= 11 is 0. The zero-order chi connectivity index (χ0) is 25.8. The molecule has 2 N–H and O–H groups in total. The number of anilines is 2. The maximum absolute atomic E-state index is 12.3. The van der Waals surface area contributed by atoms with E-state index in [1.165, 1.54) is 0 Å². The van der Waals surface area contributed by atoms with Crippen molar-refractivity contribution in [3.8, 4) is 11.3 Å². The third kappa shape index (κ3) is 5.36. The van der Waals surface area contributed by atoms with E-state index in [4.69, 9.17) is 4.74 Å². The van der Waals surface area contributed by atoms with Crippen LogP contribution in [0.3, 0.4) is 0 Å². The van der Waals surface area contributed by atoms with Gasteiger partial charge in [-0.2, -0.15) is 0 Å². The number of aromatic nitrogens is 4. The van der Waals surface area contributed by atoms with Crippen LogP contribution in [-0.4, -0.2) is 65.2 Å². The number of carbonyl (C=O) groups excluding carboxylic acids is 1. The molecule has 1 fully saturated rings. The van der Waals surface area contributed by atoms with Gasteiger partial charge in [0.05, 0.1) is 29.5 Å². The minimum absolute atomic E-state index is 0.120. The van der Waals surface area contributed by atoms with E-state index in [-0.39, 0.29) is 17.9 Å². The molecule has 190 valence electrons. The molecule has 4 heterocycles. The van der Waals surface area contributed by atoms with E-state index in [9.17, 15) is 4.79 Å². The van der Waals surface area contributed by atoms with Crippen LogP contribution >= 0.6 is 0 Å². The standard InChI is InChI=1S/C28H31N7O2/c1-18(21-5-4-6-22-23(28(36)29-3)9-10-30-27(21)22)14-31-25-13-24(33-17-34-25)20-7-8-26(32-15-20)35-11-12-37-19(2)16-35/h4-10,13,15,17-19H,11-12,14,16H2,1-3H3,(H,29,36)(H,31,33,34)/t18-,19-/m1/s1. The fourth-order valence-electron chi connectivity index (χ4n) is 4.66. The molecular weight excluding hydrogens is 466 g/mol. The van der Waals surface area contributed by atoms with Crippen LogP contribution in [0.1, 0.15) is 35.7 Å². The molecule has 0 saturated carbocycles. The molecule has 37 heavy (non-hydrogen) atoms. The Bertz CT molecular complexity index is 1390. The number of hydrogen-bond acceptors (Lipinski definition) is 8. The summed E-state index contributed by atoms with van der Waals surface area (Å²) in [7, 11) is 1.63. The number of benzene rings is 1. The summed E-state index contributed by atoms with van der Waals surface area (Å²) in [6.07, 6.45) is 5.31. The fraction of sp³-hybridized carbons (Fsp3) is 0.321. The van der Waals surface area contributed by atoms with Crippen LogP contribution in [0.15, 0.2) is 61.2 Å². The molecule has 0 radical (unpaired) electrons. The summed E-state index contributed by atoms with van der Waals surface area (Å²) in [5, 5.41) is 6.98. The van der Waals surface area contributed by atoms with Crippen molar-refractivity contribution in [1.82, 2.24) is 25.3 Å². The molecule has 0 bridgehead atoms. The Kier molecular flexibility index (Phi) is 7.23. The van der Waals surface area contributed by atoms with Gasteiger partial charge in [-0.05, 0) is 30.7 Å². The minimum Gasteiger partial charge on any atom is -0.375 e. The second kappa shape index (κ2) is 10.9. The number of nitrogens with one attached hydrogen (secondary N) is 2. The van der Waals surface area contributed by atoms with Crippen LogP contribution in [0.4, 0.5) is 11.6 Å². The summed E-state index contributed by atoms with van der Waals surface area (Å²) in [5.74, 6) is 1.70. The van der Waals surface area contributed by atoms with E-state index in [1.54, 1.807) is 25.6 Å². The number of nitrogens with zero attached hydrogens (tertiary/aromatic N) is 5. The van der Waals surface area contributed by atoms with Crippen LogP contribution < -0.4 is 15.5 Å². The molecule has 1 amide bonds. The summed E-state index contributed by atoms with van der Waals surface area (Å²) in [4.78, 5) is 32.7. The first-order chi connectivity index (χ1) is 18.0. The third-order valence-electron chi connectivity index (χ3n) is 6.67. The molecule has 1 aliphatic rings. The highest BCUT2D eigenvalue weighted by Gasteiger charge is 2.18. The van der Waals surface area contributed by atoms with Gasteiger partial charge < -0.3 is 20.3 Å². The molecule has 9 nitrogen and oxygen atoms in total. The van der Waals surface area contributed by atoms with Crippen LogP contribution in [-0.2, 0) is 4.74 Å². The first-order valence-electron chi connectivity index (χ1n) is 12.5. The van der Waals surface area contributed by atoms with Crippen molar-refractivity contribution in [2.75, 3.05) is 43.5 Å². The Balaban J connectivity index is 1.29. The number of ether oxygens (including phenoxy) is 1. The molecule has 2 atom stereocenters. The van der Waals surface area contributed by atoms with Gasteiger partial charge in [-0.15, -0.1) is 0 Å². The van der Waals surface area contributed by atoms with Gasteiger partial charge in [-0.1, -0.05) is 25.1 Å². The summed E-state index contributed by atoms with van der Waals surface area (Å²) in [5.41, 5.74) is 4.27. The van der Waals surface area contributed by atoms with Gasteiger partial charge >= 0.3 is 0 Å². The lowest BCUT2D eigenvalue weighted by molar-refractivity contribution is 0.0529. The van der Waals surface area contributed by atoms with Crippen molar-refractivity contribution in [3.63, 3.8) is 0 Å². The van der Waals surface area contributed by atoms with E-state index in [1.807, 2.05) is 36.5 Å². The number of morpholine rings is 1. The number of fused-ring (bicyclic) bond motifs is 1. The normalized spacial score (nSPS) is 16.4. The molecule has 1 aromatic carbocycles. The van der Waals surface area contributed by atoms with Gasteiger partial charge in [0, 0.05) is 62.0 Å². The van der Waals surface area contributed by atoms with Crippen molar-refractivity contribution in [1.29, 1.82) is 0 Å². The molecule has 5 rings (SSSR count). The topological polar surface area (TPSA) is 105 Å². The summed E-state index contributed by atoms with van der Waals surface area (Å²) in [6.45, 7) is 7.26. The van der Waals surface area contributed by atoms with Gasteiger partial charge in [-0.3, -0.25) is 9.78 Å². The van der Waals surface area contributed by atoms with E-state index in [0.29, 0.717) is 18.7 Å². The quantitative estimate of drug-likeness (QED) is 0.396. The number of hydrogen-bond donors (Lipinski definition) is 2. The molecule has 0 aliphatic carbocycles. The molecule has 1 saturated heterocycles. The zero-order valence-corrected chi connectivity index (χ0v) is 21.3. The minimum atomic E-state index is -0.120. The number of carbonyl (C=O) groups is 1. The maximum Gasteiger partial charge on any atom is 0.251 e. The van der Waals surface area contributed by atoms with E-state index >= 15 is 0 Å². The van der Waals surface area contributed by atoms with Crippen LogP contribution in [0.25, 0.3) is 22.2 Å². The molecule has 9 heteroatoms. The maximum atomic E-state index is 12.3. The van der Waals surface area contributed by atoms with Crippen LogP contribution in [0, 0.1) is 0 Å². The molecule has 3 aromatic heterocycles. The second-order valence-electron chi connectivity index (χ2n) is 9.28. The molecule has 0 unspecified atom stereocenters. The van der Waals surface area contributed by atoms with Crippen molar-refractivity contribution in [2.24, 2.45) is 0 Å². The lowest BCUT2D eigenvalue weighted by Crippen LogP contribution is -2.41. The second-order valence-corrected chi connectivity index (χ2v) is 9.28. The number of amides is 1. The van der Waals surface area contributed by atoms with Crippen molar-refractivity contribution >= 4 is 28.4 Å². The Labute approximate surface area is 216 Å². The fourth-order valence-corrected chi connectivity index (χ4v) is 4.66. The molecule has 0 spiro atoms. The van der Waals surface area contributed by atoms with Gasteiger partial charge in [0.1, 0.15) is 18.0 Å². The van der Waals surface area contributed by atoms with Crippen molar-refractivity contribution in [3.05, 3.63) is 72.3 Å². The van der Waals surface area contributed by atoms with Gasteiger partial charge in [-0.25, -0.2) is 15.0 Å². The van der Waals surface area contributed by atoms with E-state index in [0.717, 1.165) is 52.4 Å². The molecule has 4 aromatic rings. The highest BCUT2D eigenvalue weighted by molar-refractivity contribution is 6.06. The predicted molar refractivity (Wildman–Crippen MR) is 145 cm³/mol. The monoisotopic (exact) mass is 497 g/mol. The van der Waals surface area contributed by atoms with E-state index in [2.05, 4.69) is 55.4 Å². The van der Waals surface area contributed by atoms with Crippen LogP contribution in [0.5, 0.6) is 0 Å². The third-order valence-corrected chi connectivity index (χ3v) is 6.67. The first-order valence-corrected chi connectivity index (χ1v) is 12.5. The lowest BCUT2D eigenvalue weighted by atomic mass is 9.96. The Hall–Kier alpha value is -4.11. The SMILES string of the molecule is CNC(=O)c1ccnc2c([C@H](C)CNc3cc(-c4ccc(N5CCO[C@H](C)C5)nc4)ncn3)cccc12. The Morgan fingerprint density at radius 1 is 1.16 bits per heavy atom. The van der Waals surface area contributed by atoms with Crippen LogP contribution in [0.2, 0.25) is 0 Å². The number of rotatable bonds is 7. The van der Waals surface area contributed by atoms with E-state index < -0.39 is 0 Å². The molecular formula is C28H31N7O2. The van der Waals surface area contributed by atoms with Gasteiger partial charge in [0.25, 0.3) is 5.91 Å². The molecule has 1 aliphatic heterocycles. The lowest BCUT2D eigenvalue weighted by Gasteiger charge is -2.32. The smallest absolute Gasteiger partial charge is 0.251 e. The highest BCUT2D eigenvalue weighted by Crippen LogP contribution is 2.27. The highest BCUT2D eigenvalue weighted by atomic mass is 16.5.